The van der Waals surface area contributed by atoms with Crippen molar-refractivity contribution in [3.8, 4) is 0 Å². The van der Waals surface area contributed by atoms with Crippen LogP contribution in [-0.4, -0.2) is 249 Å². The van der Waals surface area contributed by atoms with Gasteiger partial charge in [-0.1, -0.05) is 51.0 Å². The molecule has 516 valence electrons. The van der Waals surface area contributed by atoms with E-state index in [4.69, 9.17) is 52.1 Å². The van der Waals surface area contributed by atoms with Gasteiger partial charge in [0, 0.05) is 19.4 Å². The fourth-order valence-corrected chi connectivity index (χ4v) is 17.5. The van der Waals surface area contributed by atoms with Crippen LogP contribution in [0.1, 0.15) is 107 Å². The fraction of sp³-hybridized carbons (Fsp3) is 0.891. The maximum absolute atomic E-state index is 14.5. The van der Waals surface area contributed by atoms with Crippen LogP contribution in [0.15, 0.2) is 23.3 Å². The van der Waals surface area contributed by atoms with Crippen LogP contribution in [0.25, 0.3) is 0 Å². The van der Waals surface area contributed by atoms with Gasteiger partial charge in [0.15, 0.2) is 25.2 Å². The van der Waals surface area contributed by atoms with Gasteiger partial charge in [0.25, 0.3) is 0 Å². The number of hydrogen-bond donors (Lipinski definition) is 7. The molecule has 3 unspecified atom stereocenters. The van der Waals surface area contributed by atoms with E-state index in [1.54, 1.807) is 0 Å². The van der Waals surface area contributed by atoms with E-state index in [9.17, 15) is 84.2 Å². The number of aliphatic hydroxyl groups excluding tert-OH is 7. The molecule has 4 aliphatic carbocycles. The normalized spacial score (nSPS) is 44.7. The number of methoxy groups -OCH3 is 1. The van der Waals surface area contributed by atoms with E-state index in [2.05, 4.69) is 38.5 Å². The Balaban J connectivity index is 0.00000457. The molecule has 0 aromatic heterocycles. The first-order valence-corrected chi connectivity index (χ1v) is 33.8. The summed E-state index contributed by atoms with van der Waals surface area (Å²) in [6.07, 6.45) is -30.4. The van der Waals surface area contributed by atoms with Crippen LogP contribution in [0, 0.1) is 39.4 Å². The molecule has 5 saturated heterocycles. The van der Waals surface area contributed by atoms with Gasteiger partial charge in [-0.3, -0.25) is 22.1 Å². The average Bonchev–Trinajstić information content (AvgIpc) is 1.55. The van der Waals surface area contributed by atoms with Gasteiger partial charge >= 0.3 is 101 Å². The van der Waals surface area contributed by atoms with E-state index in [0.717, 1.165) is 18.3 Å². The molecule has 1 spiro atoms. The fourth-order valence-electron chi connectivity index (χ4n) is 16.4. The minimum atomic E-state index is -5.51. The molecule has 28 atom stereocenters. The van der Waals surface area contributed by atoms with Crippen LogP contribution in [0.3, 0.4) is 0 Å². The van der Waals surface area contributed by atoms with Gasteiger partial charge in [-0.05, 0) is 94.8 Å². The molecule has 8 fully saturated rings. The molecular formula is C55H83Na3O32S3. The Morgan fingerprint density at radius 2 is 1.23 bits per heavy atom. The number of carbonyl (C=O) groups excluding carboxylic acids is 2. The van der Waals surface area contributed by atoms with Crippen molar-refractivity contribution < 1.29 is 238 Å². The molecule has 0 amide bonds. The number of aliphatic hydroxyl groups is 7. The van der Waals surface area contributed by atoms with Crippen molar-refractivity contribution in [3.63, 3.8) is 0 Å². The summed E-state index contributed by atoms with van der Waals surface area (Å²) in [7, 11) is -15.4. The summed E-state index contributed by atoms with van der Waals surface area (Å²) in [6, 6.07) is 0. The molecule has 3 saturated carbocycles. The Morgan fingerprint density at radius 3 is 1.78 bits per heavy atom. The maximum Gasteiger partial charge on any atom is 1.00 e. The number of fused-ring (bicyclic) bond motifs is 4. The van der Waals surface area contributed by atoms with Crippen LogP contribution < -0.4 is 88.7 Å². The third-order valence-corrected chi connectivity index (χ3v) is 21.8. The largest absolute Gasteiger partial charge is 1.00 e. The monoisotopic (exact) mass is 1420 g/mol. The Labute approximate surface area is 606 Å². The van der Waals surface area contributed by atoms with Gasteiger partial charge in [0.2, 0.25) is 31.2 Å². The second kappa shape index (κ2) is 31.6. The third-order valence-electron chi connectivity index (χ3n) is 20.5. The quantitative estimate of drug-likeness (QED) is 0.0184. The number of hydrogen-bond acceptors (Lipinski definition) is 32. The van der Waals surface area contributed by atoms with Crippen molar-refractivity contribution in [3.05, 3.63) is 23.3 Å². The van der Waals surface area contributed by atoms with Crippen molar-refractivity contribution in [1.29, 1.82) is 0 Å². The van der Waals surface area contributed by atoms with Crippen molar-refractivity contribution >= 4 is 43.1 Å². The predicted octanol–water partition coefficient (Wildman–Crippen LogP) is -10.8. The van der Waals surface area contributed by atoms with Gasteiger partial charge in [-0.15, -0.1) is 0 Å². The first-order chi connectivity index (χ1) is 41.8. The average molecular weight is 1420 g/mol. The van der Waals surface area contributed by atoms with E-state index in [1.807, 2.05) is 27.7 Å². The number of carbonyl (C=O) groups is 2. The van der Waals surface area contributed by atoms with Gasteiger partial charge in [0.1, 0.15) is 97.7 Å². The first kappa shape index (κ1) is 82.3. The van der Waals surface area contributed by atoms with E-state index in [0.29, 0.717) is 51.4 Å². The van der Waals surface area contributed by atoms with Gasteiger partial charge in [-0.25, -0.2) is 25.3 Å². The van der Waals surface area contributed by atoms with Crippen molar-refractivity contribution in [2.75, 3.05) is 26.9 Å². The second-order valence-electron chi connectivity index (χ2n) is 26.4. The van der Waals surface area contributed by atoms with Crippen LogP contribution in [0.2, 0.25) is 0 Å². The Morgan fingerprint density at radius 1 is 0.667 bits per heavy atom. The molecule has 0 radical (unpaired) electrons. The number of cyclic esters (lactones) is 1. The predicted molar refractivity (Wildman–Crippen MR) is 292 cm³/mol. The summed E-state index contributed by atoms with van der Waals surface area (Å²) in [4.78, 5) is 27.2. The van der Waals surface area contributed by atoms with Crippen LogP contribution in [-0.2, 0) is 105 Å². The molecule has 0 bridgehead atoms. The van der Waals surface area contributed by atoms with Gasteiger partial charge < -0.3 is 102 Å². The molecule has 0 aromatic rings. The van der Waals surface area contributed by atoms with Crippen LogP contribution in [0.4, 0.5) is 0 Å². The first-order valence-electron chi connectivity index (χ1n) is 29.8. The minimum absolute atomic E-state index is 0. The molecular weight excluding hydrogens is 1340 g/mol. The summed E-state index contributed by atoms with van der Waals surface area (Å²) < 4.78 is 183. The van der Waals surface area contributed by atoms with Crippen molar-refractivity contribution in [2.45, 2.75) is 242 Å². The zero-order chi connectivity index (χ0) is 66.3. The maximum atomic E-state index is 14.5. The SMILES string of the molecule is CO[C@@H]1[C@@H](O)[C@H](O[C@@H]2[C@@H](O)[C@H](O[C@H]3[C@H](O)[C@@H](O)[C@H](O[C@H]4[C@H](O[C@H]5CC[C@]6(C)[C@H]7CCC89C(=O)O[C@@H](CCC=C(C)C)C8C(OC(C)=O)C[C@@]9(C)C7=CC[C@H]6C5(C)C)OC[C@@H](OS(=O)(=O)[O-])[C@@H]4O)O[C@@H]3C)O[C@H](COS(=O)(=O)[O-])[C@H]2O)O[C@H](COS(=O)(=O)[O-])[C@H]1O.[Na+].[Na+].[Na+]. The smallest absolute Gasteiger partial charge is 0.726 e. The molecule has 5 heterocycles. The van der Waals surface area contributed by atoms with E-state index in [1.165, 1.54) is 13.8 Å². The molecule has 5 aliphatic heterocycles. The van der Waals surface area contributed by atoms with Gasteiger partial charge in [-0.2, -0.15) is 0 Å². The summed E-state index contributed by atoms with van der Waals surface area (Å²) >= 11 is 0. The number of rotatable bonds is 21. The van der Waals surface area contributed by atoms with E-state index >= 15 is 0 Å². The minimum Gasteiger partial charge on any atom is -0.726 e. The zero-order valence-corrected chi connectivity index (χ0v) is 62.4. The molecule has 7 N–H and O–H groups in total. The molecule has 32 nitrogen and oxygen atoms in total. The zero-order valence-electron chi connectivity index (χ0n) is 53.9. The summed E-state index contributed by atoms with van der Waals surface area (Å²) in [5.41, 5.74) is -0.465. The van der Waals surface area contributed by atoms with E-state index < -0.39 is 208 Å². The van der Waals surface area contributed by atoms with Gasteiger partial charge in [0.05, 0.1) is 43.4 Å². The summed E-state index contributed by atoms with van der Waals surface area (Å²) in [6.45, 7) is 11.9. The molecule has 9 rings (SSSR count). The number of ether oxygens (including phenoxy) is 11. The van der Waals surface area contributed by atoms with Crippen LogP contribution in [0.5, 0.6) is 0 Å². The summed E-state index contributed by atoms with van der Waals surface area (Å²) in [5.74, 6) is -1.17. The van der Waals surface area contributed by atoms with Crippen molar-refractivity contribution in [2.24, 2.45) is 39.4 Å². The Hall–Kier alpha value is 0.390. The number of esters is 2. The second-order valence-corrected chi connectivity index (χ2v) is 29.5. The Bertz CT molecular complexity index is 3020. The van der Waals surface area contributed by atoms with E-state index in [-0.39, 0.29) is 118 Å². The standard InChI is InChI=1S/C55H86O32S3.3Na/c1-23(2)11-10-12-28-35-29(79-25(4)56)19-54(8)27-13-14-33-52(5,6)34(16-17-53(33,7)26(27)15-18-55(35,54)51(64)82-28)83-50-46(38(59)32(20-75-50)87-90(71,72)73)86-47-40(61)39(60)43(24(3)78-47)84-49-42(63)45(37(58)31(81-49)22-77-89(68,69)70)85-48-41(62)44(74-9)36(57)30(80-48)21-76-88(65,66)67;;;/h11,13,24,26,28-50,57-63H,10,12,14-22H2,1-9H3,(H,65,66,67)(H,68,69,70)(H,71,72,73);;;/q;3*+1/p-3/t24-,26+,28+,29?,30-,31-,32-,33+,34+,35?,36-,37-,38+,39-,40-,41-,42-,43-,44+,45+,46-,47+,48+,49+,50+,53-,54+,55?;;;/m1.../s1. The van der Waals surface area contributed by atoms with Crippen LogP contribution >= 0.6 is 0 Å². The molecule has 9 aliphatic rings. The third kappa shape index (κ3) is 16.9. The molecule has 93 heavy (non-hydrogen) atoms. The topological polar surface area (TPSA) is 477 Å². The molecule has 0 aromatic carbocycles. The summed E-state index contributed by atoms with van der Waals surface area (Å²) in [5, 5.41) is 80.1. The molecule has 38 heteroatoms. The Kier molecular flexibility index (Phi) is 27.9. The number of allylic oxidation sites excluding steroid dienone is 4. The van der Waals surface area contributed by atoms with Crippen molar-refractivity contribution in [1.82, 2.24) is 0 Å².